The van der Waals surface area contributed by atoms with E-state index in [4.69, 9.17) is 4.74 Å². The zero-order chi connectivity index (χ0) is 14.5. The first kappa shape index (κ1) is 13.7. The van der Waals surface area contributed by atoms with Crippen LogP contribution in [0.4, 0.5) is 0 Å². The predicted molar refractivity (Wildman–Crippen MR) is 80.2 cm³/mol. The van der Waals surface area contributed by atoms with E-state index in [1.165, 1.54) is 0 Å². The van der Waals surface area contributed by atoms with Crippen LogP contribution in [0.15, 0.2) is 42.6 Å². The number of rotatable bonds is 6. The Balaban J connectivity index is 1.91. The third kappa shape index (κ3) is 2.91. The molecule has 0 atom stereocenters. The van der Waals surface area contributed by atoms with E-state index in [0.717, 1.165) is 29.0 Å². The maximum Gasteiger partial charge on any atom is 0.160 e. The molecule has 108 valence electrons. The van der Waals surface area contributed by atoms with E-state index >= 15 is 0 Å². The molecule has 0 bridgehead atoms. The summed E-state index contributed by atoms with van der Waals surface area (Å²) in [6, 6.07) is 11.8. The maximum absolute atomic E-state index is 5.03. The molecule has 0 aliphatic rings. The van der Waals surface area contributed by atoms with E-state index < -0.39 is 0 Å². The second-order valence-corrected chi connectivity index (χ2v) is 4.65. The lowest BCUT2D eigenvalue weighted by molar-refractivity contribution is 0.199. The average molecular weight is 283 g/mol. The number of fused-ring (bicyclic) bond motifs is 1. The molecule has 2 aromatic heterocycles. The fourth-order valence-corrected chi connectivity index (χ4v) is 2.18. The van der Waals surface area contributed by atoms with Crippen molar-refractivity contribution in [3.63, 3.8) is 0 Å². The van der Waals surface area contributed by atoms with E-state index in [1.54, 1.807) is 18.0 Å². The molecule has 3 aromatic rings. The molecule has 0 unspecified atom stereocenters. The molecular weight excluding hydrogens is 266 g/mol. The molecule has 0 radical (unpaired) electrons. The number of para-hydroxylation sites is 1. The molecule has 3 rings (SSSR count). The minimum Gasteiger partial charge on any atom is -0.383 e. The van der Waals surface area contributed by atoms with Crippen LogP contribution in [0.25, 0.3) is 16.9 Å². The number of ether oxygens (including phenoxy) is 1. The summed E-state index contributed by atoms with van der Waals surface area (Å²) in [4.78, 5) is 4.46. The number of aromatic nitrogens is 4. The van der Waals surface area contributed by atoms with Gasteiger partial charge < -0.3 is 10.1 Å². The average Bonchev–Trinajstić information content (AvgIpc) is 2.96. The minimum absolute atomic E-state index is 0.682. The lowest BCUT2D eigenvalue weighted by atomic mass is 10.2. The summed E-state index contributed by atoms with van der Waals surface area (Å²) in [7, 11) is 1.69. The number of nitrogens with one attached hydrogen (secondary N) is 1. The highest BCUT2D eigenvalue weighted by atomic mass is 16.5. The Hall–Kier alpha value is -2.31. The van der Waals surface area contributed by atoms with Gasteiger partial charge in [0.25, 0.3) is 0 Å². The van der Waals surface area contributed by atoms with Gasteiger partial charge in [0, 0.05) is 32.0 Å². The first-order valence-corrected chi connectivity index (χ1v) is 6.84. The zero-order valence-electron chi connectivity index (χ0n) is 11.9. The third-order valence-electron chi connectivity index (χ3n) is 3.22. The van der Waals surface area contributed by atoms with Crippen LogP contribution in [0.1, 0.15) is 5.56 Å². The smallest absolute Gasteiger partial charge is 0.160 e. The summed E-state index contributed by atoms with van der Waals surface area (Å²) in [6.45, 7) is 2.19. The summed E-state index contributed by atoms with van der Waals surface area (Å²) in [5.41, 5.74) is 2.89. The summed E-state index contributed by atoms with van der Waals surface area (Å²) in [5.74, 6) is 0.802. The molecule has 1 aromatic carbocycles. The molecule has 1 N–H and O–H groups in total. The van der Waals surface area contributed by atoms with Gasteiger partial charge in [-0.2, -0.15) is 4.68 Å². The SMILES string of the molecule is COCCNCc1cccnc1-n1nnc2ccccc21. The van der Waals surface area contributed by atoms with Crippen molar-refractivity contribution < 1.29 is 4.74 Å². The van der Waals surface area contributed by atoms with Gasteiger partial charge in [-0.1, -0.05) is 23.4 Å². The molecule has 6 nitrogen and oxygen atoms in total. The largest absolute Gasteiger partial charge is 0.383 e. The van der Waals surface area contributed by atoms with Crippen LogP contribution in [0.3, 0.4) is 0 Å². The molecule has 0 aliphatic carbocycles. The molecule has 6 heteroatoms. The van der Waals surface area contributed by atoms with Crippen LogP contribution in [0, 0.1) is 0 Å². The van der Waals surface area contributed by atoms with Gasteiger partial charge in [0.2, 0.25) is 0 Å². The Morgan fingerprint density at radius 1 is 1.19 bits per heavy atom. The predicted octanol–water partition coefficient (Wildman–Crippen LogP) is 1.55. The normalized spacial score (nSPS) is 11.1. The van der Waals surface area contributed by atoms with Crippen LogP contribution in [0.2, 0.25) is 0 Å². The van der Waals surface area contributed by atoms with Gasteiger partial charge in [-0.25, -0.2) is 4.98 Å². The molecule has 0 fully saturated rings. The quantitative estimate of drug-likeness (QED) is 0.695. The fraction of sp³-hybridized carbons (Fsp3) is 0.267. The van der Waals surface area contributed by atoms with E-state index in [9.17, 15) is 0 Å². The number of hydrogen-bond donors (Lipinski definition) is 1. The number of hydrogen-bond acceptors (Lipinski definition) is 5. The van der Waals surface area contributed by atoms with Crippen LogP contribution < -0.4 is 5.32 Å². The van der Waals surface area contributed by atoms with Crippen LogP contribution in [-0.4, -0.2) is 40.2 Å². The van der Waals surface area contributed by atoms with Gasteiger partial charge in [0.05, 0.1) is 12.1 Å². The first-order chi connectivity index (χ1) is 10.4. The highest BCUT2D eigenvalue weighted by molar-refractivity contribution is 5.75. The van der Waals surface area contributed by atoms with Gasteiger partial charge in [0.1, 0.15) is 5.52 Å². The van der Waals surface area contributed by atoms with Crippen molar-refractivity contribution in [2.45, 2.75) is 6.54 Å². The number of nitrogens with zero attached hydrogens (tertiary/aromatic N) is 4. The Morgan fingerprint density at radius 3 is 3.00 bits per heavy atom. The Morgan fingerprint density at radius 2 is 2.10 bits per heavy atom. The maximum atomic E-state index is 5.03. The minimum atomic E-state index is 0.682. The second kappa shape index (κ2) is 6.43. The highest BCUT2D eigenvalue weighted by Gasteiger charge is 2.10. The van der Waals surface area contributed by atoms with E-state index in [-0.39, 0.29) is 0 Å². The van der Waals surface area contributed by atoms with E-state index in [2.05, 4.69) is 20.6 Å². The lowest BCUT2D eigenvalue weighted by Crippen LogP contribution is -2.20. The number of methoxy groups -OCH3 is 1. The van der Waals surface area contributed by atoms with Gasteiger partial charge in [0.15, 0.2) is 5.82 Å². The molecule has 0 saturated carbocycles. The van der Waals surface area contributed by atoms with Crippen LogP contribution >= 0.6 is 0 Å². The van der Waals surface area contributed by atoms with Gasteiger partial charge >= 0.3 is 0 Å². The molecule has 0 spiro atoms. The van der Waals surface area contributed by atoms with E-state index in [0.29, 0.717) is 13.2 Å². The zero-order valence-corrected chi connectivity index (χ0v) is 11.9. The van der Waals surface area contributed by atoms with Crippen LogP contribution in [0.5, 0.6) is 0 Å². The Kier molecular flexibility index (Phi) is 4.18. The van der Waals surface area contributed by atoms with Gasteiger partial charge in [-0.15, -0.1) is 5.10 Å². The Labute approximate surface area is 122 Å². The van der Waals surface area contributed by atoms with Crippen molar-refractivity contribution in [1.29, 1.82) is 0 Å². The van der Waals surface area contributed by atoms with Crippen molar-refractivity contribution in [1.82, 2.24) is 25.3 Å². The standard InChI is InChI=1S/C15H17N5O/c1-21-10-9-16-11-12-5-4-8-17-15(12)20-14-7-3-2-6-13(14)18-19-20/h2-8,16H,9-11H2,1H3. The molecular formula is C15H17N5O. The number of benzene rings is 1. The highest BCUT2D eigenvalue weighted by Crippen LogP contribution is 2.17. The van der Waals surface area contributed by atoms with E-state index in [1.807, 2.05) is 36.4 Å². The molecule has 21 heavy (non-hydrogen) atoms. The number of pyridine rings is 1. The van der Waals surface area contributed by atoms with Crippen molar-refractivity contribution in [3.05, 3.63) is 48.2 Å². The third-order valence-corrected chi connectivity index (χ3v) is 3.22. The van der Waals surface area contributed by atoms with Crippen LogP contribution in [-0.2, 0) is 11.3 Å². The van der Waals surface area contributed by atoms with Gasteiger partial charge in [-0.05, 0) is 18.2 Å². The fourth-order valence-electron chi connectivity index (χ4n) is 2.18. The van der Waals surface area contributed by atoms with Gasteiger partial charge in [-0.3, -0.25) is 0 Å². The molecule has 0 aliphatic heterocycles. The summed E-state index contributed by atoms with van der Waals surface area (Å²) >= 11 is 0. The molecule has 0 amide bonds. The van der Waals surface area contributed by atoms with Crippen molar-refractivity contribution in [2.24, 2.45) is 0 Å². The summed E-state index contributed by atoms with van der Waals surface area (Å²) < 4.78 is 6.81. The first-order valence-electron chi connectivity index (χ1n) is 6.84. The summed E-state index contributed by atoms with van der Waals surface area (Å²) in [6.07, 6.45) is 1.77. The van der Waals surface area contributed by atoms with Crippen molar-refractivity contribution in [2.75, 3.05) is 20.3 Å². The summed E-state index contributed by atoms with van der Waals surface area (Å²) in [5, 5.41) is 11.7. The monoisotopic (exact) mass is 283 g/mol. The second-order valence-electron chi connectivity index (χ2n) is 4.65. The molecule has 0 saturated heterocycles. The Bertz CT molecular complexity index is 725. The topological polar surface area (TPSA) is 64.9 Å². The molecule has 2 heterocycles. The lowest BCUT2D eigenvalue weighted by Gasteiger charge is -2.09. The van der Waals surface area contributed by atoms with Crippen molar-refractivity contribution in [3.8, 4) is 5.82 Å². The van der Waals surface area contributed by atoms with Crippen molar-refractivity contribution >= 4 is 11.0 Å².